The minimum Gasteiger partial charge on any atom is -0.360 e. The number of nitro groups is 1. The Kier molecular flexibility index (Phi) is 3.62. The molecule has 0 bridgehead atoms. The number of fused-ring (bicyclic) bond motifs is 1. The number of carbonyl (C=O) groups excluding carboxylic acids is 1. The average Bonchev–Trinajstić information content (AvgIpc) is 2.78. The minimum absolute atomic E-state index is 0.0199. The van der Waals surface area contributed by atoms with Crippen LogP contribution >= 0.6 is 11.6 Å². The number of ketones is 1. The van der Waals surface area contributed by atoms with Gasteiger partial charge < -0.3 is 4.98 Å². The van der Waals surface area contributed by atoms with Crippen LogP contribution in [0.15, 0.2) is 24.4 Å². The molecule has 94 valence electrons. The second kappa shape index (κ2) is 5.18. The first-order valence-corrected chi connectivity index (χ1v) is 6.01. The van der Waals surface area contributed by atoms with Crippen molar-refractivity contribution in [2.75, 3.05) is 5.88 Å². The molecular formula is C12H11ClN2O3. The van der Waals surface area contributed by atoms with Gasteiger partial charge in [0.2, 0.25) is 0 Å². The molecule has 18 heavy (non-hydrogen) atoms. The van der Waals surface area contributed by atoms with Gasteiger partial charge in [0.25, 0.3) is 5.69 Å². The summed E-state index contributed by atoms with van der Waals surface area (Å²) < 4.78 is 0. The number of rotatable bonds is 5. The summed E-state index contributed by atoms with van der Waals surface area (Å²) in [4.78, 5) is 25.1. The number of non-ortho nitro benzene ring substituents is 1. The van der Waals surface area contributed by atoms with E-state index in [9.17, 15) is 14.9 Å². The molecule has 1 aromatic carbocycles. The highest BCUT2D eigenvalue weighted by molar-refractivity contribution is 6.18. The first kappa shape index (κ1) is 12.6. The van der Waals surface area contributed by atoms with Gasteiger partial charge in [-0.05, 0) is 12.5 Å². The van der Waals surface area contributed by atoms with E-state index in [0.717, 1.165) is 5.52 Å². The Morgan fingerprint density at radius 3 is 2.89 bits per heavy atom. The number of aromatic nitrogens is 1. The third-order valence-corrected chi connectivity index (χ3v) is 2.98. The van der Waals surface area contributed by atoms with Crippen LogP contribution in [0, 0.1) is 10.1 Å². The quantitative estimate of drug-likeness (QED) is 0.390. The Hall–Kier alpha value is -1.88. The molecule has 0 saturated carbocycles. The first-order chi connectivity index (χ1) is 8.63. The lowest BCUT2D eigenvalue weighted by atomic mass is 10.1. The summed E-state index contributed by atoms with van der Waals surface area (Å²) in [6.45, 7) is 0. The van der Waals surface area contributed by atoms with E-state index >= 15 is 0 Å². The van der Waals surface area contributed by atoms with Gasteiger partial charge in [0.1, 0.15) is 0 Å². The van der Waals surface area contributed by atoms with Crippen molar-refractivity contribution in [3.63, 3.8) is 0 Å². The van der Waals surface area contributed by atoms with Crippen LogP contribution in [-0.2, 0) is 0 Å². The van der Waals surface area contributed by atoms with E-state index in [4.69, 9.17) is 11.6 Å². The van der Waals surface area contributed by atoms with Crippen molar-refractivity contribution in [2.24, 2.45) is 0 Å². The number of H-pyrrole nitrogens is 1. The maximum atomic E-state index is 11.9. The molecular weight excluding hydrogens is 256 g/mol. The lowest BCUT2D eigenvalue weighted by molar-refractivity contribution is -0.384. The van der Waals surface area contributed by atoms with Crippen molar-refractivity contribution >= 4 is 34.0 Å². The van der Waals surface area contributed by atoms with Crippen molar-refractivity contribution in [3.05, 3.63) is 40.1 Å². The summed E-state index contributed by atoms with van der Waals surface area (Å²) in [7, 11) is 0. The fourth-order valence-corrected chi connectivity index (χ4v) is 1.95. The summed E-state index contributed by atoms with van der Waals surface area (Å²) in [5, 5.41) is 11.3. The van der Waals surface area contributed by atoms with Crippen LogP contribution in [0.2, 0.25) is 0 Å². The van der Waals surface area contributed by atoms with Crippen LogP contribution in [0.5, 0.6) is 0 Å². The number of benzene rings is 1. The predicted octanol–water partition coefficient (Wildman–Crippen LogP) is 3.28. The van der Waals surface area contributed by atoms with Crippen LogP contribution in [0.1, 0.15) is 23.2 Å². The standard InChI is InChI=1S/C12H11ClN2O3/c13-5-1-2-12(16)10-7-14-11-4-3-8(15(17)18)6-9(10)11/h3-4,6-7,14H,1-2,5H2. The maximum Gasteiger partial charge on any atom is 0.270 e. The number of Topliss-reactive ketones (excluding diaryl/α,β-unsaturated/α-hetero) is 1. The summed E-state index contributed by atoms with van der Waals surface area (Å²) in [5.41, 5.74) is 1.18. The smallest absolute Gasteiger partial charge is 0.270 e. The van der Waals surface area contributed by atoms with Gasteiger partial charge in [0.05, 0.1) is 4.92 Å². The Bertz CT molecular complexity index is 606. The highest BCUT2D eigenvalue weighted by Gasteiger charge is 2.14. The number of aromatic amines is 1. The molecule has 0 aliphatic carbocycles. The van der Waals surface area contributed by atoms with Crippen molar-refractivity contribution in [3.8, 4) is 0 Å². The fourth-order valence-electron chi connectivity index (χ4n) is 1.81. The number of halogens is 1. The molecule has 0 unspecified atom stereocenters. The summed E-state index contributed by atoms with van der Waals surface area (Å²) in [6, 6.07) is 4.43. The van der Waals surface area contributed by atoms with E-state index in [-0.39, 0.29) is 11.5 Å². The molecule has 0 aliphatic rings. The van der Waals surface area contributed by atoms with Crippen molar-refractivity contribution in [1.29, 1.82) is 0 Å². The number of nitrogens with one attached hydrogen (secondary N) is 1. The van der Waals surface area contributed by atoms with Gasteiger partial charge in [0.15, 0.2) is 5.78 Å². The van der Waals surface area contributed by atoms with Gasteiger partial charge >= 0.3 is 0 Å². The zero-order valence-electron chi connectivity index (χ0n) is 9.48. The molecule has 1 aromatic heterocycles. The van der Waals surface area contributed by atoms with Gasteiger partial charge in [-0.15, -0.1) is 11.6 Å². The minimum atomic E-state index is -0.473. The van der Waals surface area contributed by atoms with Crippen LogP contribution in [0.25, 0.3) is 10.9 Å². The van der Waals surface area contributed by atoms with Crippen molar-refractivity contribution in [2.45, 2.75) is 12.8 Å². The molecule has 0 amide bonds. The Labute approximate surface area is 108 Å². The zero-order chi connectivity index (χ0) is 13.1. The van der Waals surface area contributed by atoms with Crippen molar-refractivity contribution < 1.29 is 9.72 Å². The van der Waals surface area contributed by atoms with Gasteiger partial charge in [-0.2, -0.15) is 0 Å². The van der Waals surface area contributed by atoms with Gasteiger partial charge in [0, 0.05) is 47.1 Å². The fraction of sp³-hybridized carbons (Fsp3) is 0.250. The molecule has 0 aliphatic heterocycles. The summed E-state index contributed by atoms with van der Waals surface area (Å²) >= 11 is 5.54. The number of nitro benzene ring substituents is 1. The van der Waals surface area contributed by atoms with E-state index in [1.54, 1.807) is 12.3 Å². The lowest BCUT2D eigenvalue weighted by Crippen LogP contribution is -1.98. The lowest BCUT2D eigenvalue weighted by Gasteiger charge is -1.98. The SMILES string of the molecule is O=C(CCCCl)c1c[nH]c2ccc([N+](=O)[O-])cc12. The van der Waals surface area contributed by atoms with Crippen molar-refractivity contribution in [1.82, 2.24) is 4.98 Å². The molecule has 0 radical (unpaired) electrons. The molecule has 0 spiro atoms. The van der Waals surface area contributed by atoms with Gasteiger partial charge in [-0.3, -0.25) is 14.9 Å². The van der Waals surface area contributed by atoms with E-state index in [1.807, 2.05) is 0 Å². The second-order valence-corrected chi connectivity index (χ2v) is 4.28. The Morgan fingerprint density at radius 2 is 2.22 bits per heavy atom. The summed E-state index contributed by atoms with van der Waals surface area (Å²) in [6.07, 6.45) is 2.53. The molecule has 1 N–H and O–H groups in total. The van der Waals surface area contributed by atoms with Gasteiger partial charge in [-0.1, -0.05) is 0 Å². The molecule has 1 heterocycles. The highest BCUT2D eigenvalue weighted by atomic mass is 35.5. The Balaban J connectivity index is 2.42. The average molecular weight is 267 g/mol. The molecule has 0 saturated heterocycles. The van der Waals surface area contributed by atoms with Crippen LogP contribution in [0.4, 0.5) is 5.69 Å². The molecule has 2 rings (SSSR count). The van der Waals surface area contributed by atoms with Crippen LogP contribution in [0.3, 0.4) is 0 Å². The zero-order valence-corrected chi connectivity index (χ0v) is 10.2. The maximum absolute atomic E-state index is 11.9. The molecule has 5 nitrogen and oxygen atoms in total. The van der Waals surface area contributed by atoms with E-state index < -0.39 is 4.92 Å². The van der Waals surface area contributed by atoms with E-state index in [2.05, 4.69) is 4.98 Å². The normalized spacial score (nSPS) is 10.7. The predicted molar refractivity (Wildman–Crippen MR) is 69.2 cm³/mol. The second-order valence-electron chi connectivity index (χ2n) is 3.91. The summed E-state index contributed by atoms with van der Waals surface area (Å²) in [5.74, 6) is 0.372. The number of nitrogens with zero attached hydrogens (tertiary/aromatic N) is 1. The van der Waals surface area contributed by atoms with E-state index in [0.29, 0.717) is 29.7 Å². The highest BCUT2D eigenvalue weighted by Crippen LogP contribution is 2.24. The van der Waals surface area contributed by atoms with Crippen LogP contribution < -0.4 is 0 Å². The number of hydrogen-bond acceptors (Lipinski definition) is 3. The topological polar surface area (TPSA) is 76.0 Å². The Morgan fingerprint density at radius 1 is 1.44 bits per heavy atom. The number of alkyl halides is 1. The molecule has 2 aromatic rings. The van der Waals surface area contributed by atoms with E-state index in [1.165, 1.54) is 12.1 Å². The first-order valence-electron chi connectivity index (χ1n) is 5.48. The molecule has 6 heteroatoms. The largest absolute Gasteiger partial charge is 0.360 e. The molecule has 0 atom stereocenters. The van der Waals surface area contributed by atoms with Gasteiger partial charge in [-0.25, -0.2) is 0 Å². The third-order valence-electron chi connectivity index (χ3n) is 2.71. The number of carbonyl (C=O) groups is 1. The van der Waals surface area contributed by atoms with Crippen LogP contribution in [-0.4, -0.2) is 21.6 Å². The molecule has 0 fully saturated rings. The third kappa shape index (κ3) is 2.36. The monoisotopic (exact) mass is 266 g/mol. The number of hydrogen-bond donors (Lipinski definition) is 1.